The maximum atomic E-state index is 5.39. The molecule has 15 heteroatoms. The molecule has 0 amide bonds. The van der Waals surface area contributed by atoms with Gasteiger partial charge in [0.2, 0.25) is 0 Å². The van der Waals surface area contributed by atoms with Crippen molar-refractivity contribution in [3.63, 3.8) is 0 Å². The molecule has 0 fully saturated rings. The number of unbranched alkanes of at least 4 members (excludes halogenated alkanes) is 8. The molecule has 11 rings (SSSR count). The zero-order chi connectivity index (χ0) is 52.9. The van der Waals surface area contributed by atoms with E-state index in [1.807, 2.05) is 68.0 Å². The molecule has 0 saturated carbocycles. The first-order valence-electron chi connectivity index (χ1n) is 28.8. The first-order valence-corrected chi connectivity index (χ1v) is 40.2. The van der Waals surface area contributed by atoms with Gasteiger partial charge < -0.3 is 0 Å². The molecule has 1 aliphatic rings. The quantitative estimate of drug-likeness (QED) is 0.0359. The van der Waals surface area contributed by atoms with E-state index in [1.54, 1.807) is 8.79 Å². The molecule has 0 aromatic carbocycles. The van der Waals surface area contributed by atoms with E-state index < -0.39 is 13.3 Å². The van der Waals surface area contributed by atoms with Gasteiger partial charge in [-0.2, -0.15) is 0 Å². The van der Waals surface area contributed by atoms with Crippen LogP contribution >= 0.6 is 91.5 Å². The summed E-state index contributed by atoms with van der Waals surface area (Å²) in [5.74, 6) is 1.40. The summed E-state index contributed by atoms with van der Waals surface area (Å²) in [6, 6.07) is 23.7. The number of thiophene rings is 6. The SMILES string of the molecule is CCCCCCc1ccc(-c2ccc(-c3cnc(-c4c[c]5c(s4)-c4sc(-c6ncc(-c7ccc(-c8ccc(CCCCCC)s8)s7)c7nsnc67)c[c]4[Ge]5([CH2]C(CC)CCCC)[CH2]C(CC)CCCC)c4nsnc34)s2)s1. The minimum absolute atomic E-state index is 0.701. The molecule has 11 heterocycles. The Morgan fingerprint density at radius 3 is 1.23 bits per heavy atom. The van der Waals surface area contributed by atoms with Crippen LogP contribution in [0.2, 0.25) is 10.5 Å². The maximum absolute atomic E-state index is 5.39. The van der Waals surface area contributed by atoms with Crippen LogP contribution in [0.25, 0.3) is 93.4 Å². The summed E-state index contributed by atoms with van der Waals surface area (Å²) < 4.78 is 23.5. The third-order valence-electron chi connectivity index (χ3n) is 16.2. The second-order valence-electron chi connectivity index (χ2n) is 21.5. The van der Waals surface area contributed by atoms with Gasteiger partial charge in [0.05, 0.1) is 0 Å². The van der Waals surface area contributed by atoms with Crippen molar-refractivity contribution in [2.75, 3.05) is 0 Å². The van der Waals surface area contributed by atoms with E-state index >= 15 is 0 Å². The number of hydrogen-bond acceptors (Lipinski definition) is 14. The molecular weight excluding hydrogens is 1160 g/mol. The summed E-state index contributed by atoms with van der Waals surface area (Å²) in [4.78, 5) is 26.9. The van der Waals surface area contributed by atoms with Crippen molar-refractivity contribution < 1.29 is 0 Å². The number of pyridine rings is 2. The molecule has 0 radical (unpaired) electrons. The first kappa shape index (κ1) is 55.6. The molecule has 0 N–H and O–H groups in total. The van der Waals surface area contributed by atoms with Crippen LogP contribution in [0.5, 0.6) is 0 Å². The van der Waals surface area contributed by atoms with Gasteiger partial charge in [0, 0.05) is 9.75 Å². The van der Waals surface area contributed by atoms with Gasteiger partial charge in [-0.05, 0) is 37.8 Å². The Labute approximate surface area is 492 Å². The van der Waals surface area contributed by atoms with Crippen LogP contribution in [-0.4, -0.2) is 40.7 Å². The van der Waals surface area contributed by atoms with Crippen molar-refractivity contribution >= 4 is 136 Å². The molecule has 6 nitrogen and oxygen atoms in total. The van der Waals surface area contributed by atoms with Gasteiger partial charge in [-0.25, -0.2) is 0 Å². The molecule has 0 aliphatic carbocycles. The molecular formula is C62H72GeN6S8. The fraction of sp³-hybridized carbons (Fsp3) is 0.452. The molecule has 10 aromatic heterocycles. The van der Waals surface area contributed by atoms with Crippen LogP contribution in [-0.2, 0) is 12.8 Å². The summed E-state index contributed by atoms with van der Waals surface area (Å²) in [5.41, 5.74) is 7.93. The zero-order valence-corrected chi connectivity index (χ0v) is 54.3. The Morgan fingerprint density at radius 2 is 0.805 bits per heavy atom. The number of aryl methyl sites for hydroxylation is 2. The van der Waals surface area contributed by atoms with Crippen molar-refractivity contribution in [3.05, 3.63) is 82.8 Å². The van der Waals surface area contributed by atoms with Gasteiger partial charge >= 0.3 is 397 Å². The standard InChI is InChI=1S/C62H72GeN6S8/c1-7-13-17-19-23-41-25-27-49(70-41)51-31-29-47(72-51)43-37-64-57(59-55(43)66-76-68-59)53-33-45-61(74-53)62-46(63(45,35-39(11-5)21-15-9-3)36-40(12-6)22-16-10-4)34-54(75-62)58-60-56(67-77-69-60)44(38-65-58)48-30-32-52(73-48)50-28-26-42(71-50)24-20-18-14-8-2/h25-34,37-40H,7-24,35-36H2,1-6H3. The van der Waals surface area contributed by atoms with Gasteiger partial charge in [-0.15, -0.1) is 0 Å². The molecule has 0 spiro atoms. The van der Waals surface area contributed by atoms with Crippen LogP contribution in [0.15, 0.2) is 73.1 Å². The third-order valence-corrected chi connectivity index (χ3v) is 36.7. The average molecular weight is 1230 g/mol. The topological polar surface area (TPSA) is 77.3 Å². The predicted molar refractivity (Wildman–Crippen MR) is 346 cm³/mol. The number of nitrogens with zero attached hydrogens (tertiary/aromatic N) is 6. The normalized spacial score (nSPS) is 13.8. The van der Waals surface area contributed by atoms with E-state index in [4.69, 9.17) is 27.5 Å². The van der Waals surface area contributed by atoms with Crippen molar-refractivity contribution in [2.45, 2.75) is 168 Å². The summed E-state index contributed by atoms with van der Waals surface area (Å²) in [6.45, 7) is 14.2. The van der Waals surface area contributed by atoms with Gasteiger partial charge in [0.1, 0.15) is 0 Å². The number of aromatic nitrogens is 6. The van der Waals surface area contributed by atoms with E-state index in [9.17, 15) is 0 Å². The summed E-state index contributed by atoms with van der Waals surface area (Å²) in [7, 11) is 0. The molecule has 2 unspecified atom stereocenters. The summed E-state index contributed by atoms with van der Waals surface area (Å²) in [6.07, 6.45) is 27.1. The Kier molecular flexibility index (Phi) is 18.5. The molecule has 77 heavy (non-hydrogen) atoms. The van der Waals surface area contributed by atoms with E-state index in [0.29, 0.717) is 11.8 Å². The fourth-order valence-electron chi connectivity index (χ4n) is 11.8. The van der Waals surface area contributed by atoms with E-state index in [-0.39, 0.29) is 0 Å². The van der Waals surface area contributed by atoms with Gasteiger partial charge in [-0.3, -0.25) is 0 Å². The molecule has 0 bridgehead atoms. The average Bonchev–Trinajstić information content (AvgIpc) is 4.45. The van der Waals surface area contributed by atoms with E-state index in [0.717, 1.165) is 44.6 Å². The molecule has 2 atom stereocenters. The van der Waals surface area contributed by atoms with Crippen molar-refractivity contribution in [1.29, 1.82) is 0 Å². The Balaban J connectivity index is 0.966. The van der Waals surface area contributed by atoms with Gasteiger partial charge in [0.15, 0.2) is 0 Å². The molecule has 402 valence electrons. The number of hydrogen-bond donors (Lipinski definition) is 0. The Hall–Kier alpha value is -3.32. The fourth-order valence-corrected chi connectivity index (χ4v) is 36.2. The monoisotopic (exact) mass is 1230 g/mol. The predicted octanol–water partition coefficient (Wildman–Crippen LogP) is 21.1. The van der Waals surface area contributed by atoms with Crippen molar-refractivity contribution in [1.82, 2.24) is 27.5 Å². The molecule has 10 aromatic rings. The van der Waals surface area contributed by atoms with Crippen LogP contribution in [0.1, 0.15) is 154 Å². The van der Waals surface area contributed by atoms with Crippen LogP contribution in [0, 0.1) is 11.8 Å². The number of rotatable bonds is 28. The second-order valence-corrected chi connectivity index (χ2v) is 37.7. The zero-order valence-electron chi connectivity index (χ0n) is 45.7. The van der Waals surface area contributed by atoms with Gasteiger partial charge in [0.25, 0.3) is 0 Å². The molecule has 1 aliphatic heterocycles. The Bertz CT molecular complexity index is 3310. The third kappa shape index (κ3) is 11.6. The first-order chi connectivity index (χ1) is 37.9. The minimum atomic E-state index is -3.15. The van der Waals surface area contributed by atoms with Crippen LogP contribution in [0.4, 0.5) is 0 Å². The Morgan fingerprint density at radius 1 is 0.403 bits per heavy atom. The van der Waals surface area contributed by atoms with Crippen LogP contribution < -0.4 is 8.79 Å². The number of fused-ring (bicyclic) bond motifs is 5. The summed E-state index contributed by atoms with van der Waals surface area (Å²) in [5, 5.41) is 2.67. The van der Waals surface area contributed by atoms with Crippen molar-refractivity contribution in [2.24, 2.45) is 11.8 Å². The molecule has 0 saturated heterocycles. The van der Waals surface area contributed by atoms with Crippen LogP contribution in [0.3, 0.4) is 0 Å². The summed E-state index contributed by atoms with van der Waals surface area (Å²) >= 11 is 11.0. The van der Waals surface area contributed by atoms with Gasteiger partial charge in [-0.1, -0.05) is 52.4 Å². The van der Waals surface area contributed by atoms with E-state index in [2.05, 4.69) is 115 Å². The van der Waals surface area contributed by atoms with E-state index in [1.165, 1.54) is 208 Å². The van der Waals surface area contributed by atoms with Crippen molar-refractivity contribution in [3.8, 4) is 71.3 Å². The second kappa shape index (κ2) is 25.6.